The Labute approximate surface area is 92.8 Å². The van der Waals surface area contributed by atoms with Gasteiger partial charge in [-0.25, -0.2) is 19.6 Å². The molecule has 1 unspecified atom stereocenters. The zero-order valence-corrected chi connectivity index (χ0v) is 8.74. The van der Waals surface area contributed by atoms with Crippen molar-refractivity contribution < 1.29 is 0 Å². The van der Waals surface area contributed by atoms with Gasteiger partial charge in [0, 0.05) is 24.9 Å². The molecule has 2 aromatic rings. The third-order valence-electron chi connectivity index (χ3n) is 2.70. The fraction of sp³-hybridized carbons (Fsp3) is 0.400. The average Bonchev–Trinajstić information content (AvgIpc) is 2.77. The monoisotopic (exact) mass is 216 g/mol. The van der Waals surface area contributed by atoms with E-state index in [0.29, 0.717) is 12.0 Å². The van der Waals surface area contributed by atoms with Crippen LogP contribution in [-0.2, 0) is 13.0 Å². The molecule has 0 bridgehead atoms. The average molecular weight is 216 g/mol. The maximum Gasteiger partial charge on any atom is 0.222 e. The Morgan fingerprint density at radius 2 is 2.12 bits per heavy atom. The van der Waals surface area contributed by atoms with Gasteiger partial charge in [0.25, 0.3) is 0 Å². The van der Waals surface area contributed by atoms with Crippen LogP contribution in [0.25, 0.3) is 0 Å². The van der Waals surface area contributed by atoms with Crippen LogP contribution in [0.1, 0.15) is 12.2 Å². The van der Waals surface area contributed by atoms with Crippen molar-refractivity contribution in [1.29, 1.82) is 0 Å². The van der Waals surface area contributed by atoms with Gasteiger partial charge in [-0.2, -0.15) is 5.10 Å². The van der Waals surface area contributed by atoms with E-state index in [9.17, 15) is 0 Å². The van der Waals surface area contributed by atoms with E-state index >= 15 is 0 Å². The third kappa shape index (κ3) is 1.73. The minimum atomic E-state index is 0.330. The molecule has 0 saturated carbocycles. The van der Waals surface area contributed by atoms with Crippen molar-refractivity contribution in [2.24, 2.45) is 0 Å². The van der Waals surface area contributed by atoms with Gasteiger partial charge >= 0.3 is 0 Å². The van der Waals surface area contributed by atoms with Crippen molar-refractivity contribution in [2.45, 2.75) is 25.4 Å². The minimum Gasteiger partial charge on any atom is -0.350 e. The second-order valence-corrected chi connectivity index (χ2v) is 3.81. The standard InChI is InChI=1S/C10H12N6/c1-4-11-10(12-5-1)15-8-2-3-9-13-7-14-16(9)6-8/h1,4-5,7-8H,2-3,6H2,(H,11,12,15). The van der Waals surface area contributed by atoms with Crippen molar-refractivity contribution >= 4 is 5.95 Å². The number of fused-ring (bicyclic) bond motifs is 1. The quantitative estimate of drug-likeness (QED) is 0.791. The lowest BCUT2D eigenvalue weighted by Crippen LogP contribution is -2.32. The van der Waals surface area contributed by atoms with Crippen molar-refractivity contribution in [2.75, 3.05) is 5.32 Å². The smallest absolute Gasteiger partial charge is 0.222 e. The van der Waals surface area contributed by atoms with E-state index in [1.54, 1.807) is 18.7 Å². The second kappa shape index (κ2) is 3.88. The van der Waals surface area contributed by atoms with E-state index in [-0.39, 0.29) is 0 Å². The van der Waals surface area contributed by atoms with Gasteiger partial charge in [-0.1, -0.05) is 0 Å². The topological polar surface area (TPSA) is 68.5 Å². The van der Waals surface area contributed by atoms with E-state index in [1.807, 2.05) is 10.7 Å². The van der Waals surface area contributed by atoms with Crippen LogP contribution in [0.4, 0.5) is 5.95 Å². The zero-order chi connectivity index (χ0) is 10.8. The van der Waals surface area contributed by atoms with Crippen molar-refractivity contribution in [3.8, 4) is 0 Å². The van der Waals surface area contributed by atoms with Crippen LogP contribution in [0.3, 0.4) is 0 Å². The van der Waals surface area contributed by atoms with Crippen LogP contribution in [0.5, 0.6) is 0 Å². The van der Waals surface area contributed by atoms with Crippen molar-refractivity contribution in [3.63, 3.8) is 0 Å². The van der Waals surface area contributed by atoms with Gasteiger partial charge in [-0.3, -0.25) is 0 Å². The predicted octanol–water partition coefficient (Wildman–Crippen LogP) is 0.495. The minimum absolute atomic E-state index is 0.330. The first-order chi connectivity index (χ1) is 7.92. The summed E-state index contributed by atoms with van der Waals surface area (Å²) in [4.78, 5) is 12.5. The summed E-state index contributed by atoms with van der Waals surface area (Å²) in [5, 5.41) is 7.47. The number of nitrogens with one attached hydrogen (secondary N) is 1. The van der Waals surface area contributed by atoms with Gasteiger partial charge in [0.2, 0.25) is 5.95 Å². The predicted molar refractivity (Wildman–Crippen MR) is 57.8 cm³/mol. The van der Waals surface area contributed by atoms with Gasteiger partial charge in [-0.15, -0.1) is 0 Å². The Balaban J connectivity index is 1.71. The molecule has 0 aromatic carbocycles. The Bertz CT molecular complexity index is 465. The summed E-state index contributed by atoms with van der Waals surface area (Å²) in [6.07, 6.45) is 7.07. The van der Waals surface area contributed by atoms with Gasteiger partial charge in [-0.05, 0) is 12.5 Å². The molecule has 0 amide bonds. The Morgan fingerprint density at radius 3 is 3.00 bits per heavy atom. The van der Waals surface area contributed by atoms with Crippen LogP contribution in [0, 0.1) is 0 Å². The van der Waals surface area contributed by atoms with E-state index in [0.717, 1.165) is 25.2 Å². The molecule has 1 N–H and O–H groups in total. The number of hydrogen-bond acceptors (Lipinski definition) is 5. The summed E-state index contributed by atoms with van der Waals surface area (Å²) < 4.78 is 1.93. The highest BCUT2D eigenvalue weighted by molar-refractivity contribution is 5.24. The van der Waals surface area contributed by atoms with E-state index in [1.165, 1.54) is 0 Å². The van der Waals surface area contributed by atoms with Crippen LogP contribution < -0.4 is 5.32 Å². The highest BCUT2D eigenvalue weighted by Crippen LogP contribution is 2.14. The molecule has 1 aliphatic heterocycles. The molecule has 0 fully saturated rings. The number of aromatic nitrogens is 5. The third-order valence-corrected chi connectivity index (χ3v) is 2.70. The lowest BCUT2D eigenvalue weighted by Gasteiger charge is -2.23. The molecule has 3 heterocycles. The highest BCUT2D eigenvalue weighted by Gasteiger charge is 2.19. The highest BCUT2D eigenvalue weighted by atomic mass is 15.3. The first-order valence-corrected chi connectivity index (χ1v) is 5.32. The summed E-state index contributed by atoms with van der Waals surface area (Å²) in [5.41, 5.74) is 0. The number of aryl methyl sites for hydroxylation is 1. The van der Waals surface area contributed by atoms with Crippen LogP contribution in [-0.4, -0.2) is 30.8 Å². The number of nitrogens with zero attached hydrogens (tertiary/aromatic N) is 5. The Kier molecular flexibility index (Phi) is 2.25. The van der Waals surface area contributed by atoms with Gasteiger partial charge in [0.05, 0.1) is 6.54 Å². The summed E-state index contributed by atoms with van der Waals surface area (Å²) in [6, 6.07) is 2.14. The molecule has 0 spiro atoms. The molecule has 0 aliphatic carbocycles. The van der Waals surface area contributed by atoms with E-state index < -0.39 is 0 Å². The lowest BCUT2D eigenvalue weighted by atomic mass is 10.1. The number of hydrogen-bond donors (Lipinski definition) is 1. The molecular weight excluding hydrogens is 204 g/mol. The van der Waals surface area contributed by atoms with E-state index in [4.69, 9.17) is 0 Å². The second-order valence-electron chi connectivity index (χ2n) is 3.81. The molecule has 0 radical (unpaired) electrons. The summed E-state index contributed by atoms with van der Waals surface area (Å²) in [5.74, 6) is 1.74. The number of rotatable bonds is 2. The first-order valence-electron chi connectivity index (χ1n) is 5.32. The largest absolute Gasteiger partial charge is 0.350 e. The molecule has 0 saturated heterocycles. The zero-order valence-electron chi connectivity index (χ0n) is 8.74. The molecule has 1 aliphatic rings. The van der Waals surface area contributed by atoms with Crippen molar-refractivity contribution in [1.82, 2.24) is 24.7 Å². The molecule has 2 aromatic heterocycles. The van der Waals surface area contributed by atoms with Gasteiger partial charge in [0.15, 0.2) is 0 Å². The fourth-order valence-electron chi connectivity index (χ4n) is 1.91. The molecular formula is C10H12N6. The van der Waals surface area contributed by atoms with Gasteiger partial charge < -0.3 is 5.32 Å². The van der Waals surface area contributed by atoms with Crippen LogP contribution in [0.15, 0.2) is 24.8 Å². The molecule has 82 valence electrons. The SMILES string of the molecule is c1cnc(NC2CCc3ncnn3C2)nc1. The van der Waals surface area contributed by atoms with Crippen LogP contribution in [0.2, 0.25) is 0 Å². The maximum absolute atomic E-state index is 4.19. The van der Waals surface area contributed by atoms with Gasteiger partial charge in [0.1, 0.15) is 12.2 Å². The molecule has 3 rings (SSSR count). The van der Waals surface area contributed by atoms with E-state index in [2.05, 4.69) is 25.4 Å². The first kappa shape index (κ1) is 9.26. The van der Waals surface area contributed by atoms with Crippen molar-refractivity contribution in [3.05, 3.63) is 30.6 Å². The molecule has 1 atom stereocenters. The molecule has 16 heavy (non-hydrogen) atoms. The fourth-order valence-corrected chi connectivity index (χ4v) is 1.91. The maximum atomic E-state index is 4.19. The molecule has 6 heteroatoms. The number of anilines is 1. The Hall–Kier alpha value is -1.98. The summed E-state index contributed by atoms with van der Waals surface area (Å²) in [6.45, 7) is 0.827. The normalized spacial score (nSPS) is 19.1. The summed E-state index contributed by atoms with van der Waals surface area (Å²) in [7, 11) is 0. The summed E-state index contributed by atoms with van der Waals surface area (Å²) >= 11 is 0. The Morgan fingerprint density at radius 1 is 1.25 bits per heavy atom. The van der Waals surface area contributed by atoms with Crippen LogP contribution >= 0.6 is 0 Å². The lowest BCUT2D eigenvalue weighted by molar-refractivity contribution is 0.440. The molecule has 6 nitrogen and oxygen atoms in total.